The fraction of sp³-hybridized carbons (Fsp3) is 0.833. The van der Waals surface area contributed by atoms with Crippen LogP contribution < -0.4 is 5.73 Å². The molecule has 2 fully saturated rings. The summed E-state index contributed by atoms with van der Waals surface area (Å²) in [5.74, 6) is -0.0345. The molecule has 2 atom stereocenters. The molecule has 0 radical (unpaired) electrons. The Morgan fingerprint density at radius 2 is 1.88 bits per heavy atom. The largest absolute Gasteiger partial charge is 0.328 e. The first-order valence-electron chi connectivity index (χ1n) is 6.40. The molecular weight excluding hydrogens is 218 g/mol. The van der Waals surface area contributed by atoms with Crippen LogP contribution in [-0.2, 0) is 9.59 Å². The number of nitrogens with zero attached hydrogens (tertiary/aromatic N) is 2. The highest BCUT2D eigenvalue weighted by molar-refractivity contribution is 6.01. The minimum Gasteiger partial charge on any atom is -0.328 e. The molecule has 2 aliphatic heterocycles. The number of piperidine rings is 1. The van der Waals surface area contributed by atoms with Crippen molar-refractivity contribution in [1.82, 2.24) is 9.80 Å². The van der Waals surface area contributed by atoms with E-state index >= 15 is 0 Å². The van der Waals surface area contributed by atoms with E-state index in [1.165, 1.54) is 4.90 Å². The molecule has 0 aromatic carbocycles. The van der Waals surface area contributed by atoms with E-state index < -0.39 is 0 Å². The first-order chi connectivity index (χ1) is 8.08. The Labute approximate surface area is 102 Å². The maximum Gasteiger partial charge on any atom is 0.229 e. The molecule has 2 rings (SSSR count). The van der Waals surface area contributed by atoms with Gasteiger partial charge in [-0.2, -0.15) is 0 Å². The van der Waals surface area contributed by atoms with Crippen molar-refractivity contribution >= 4 is 11.8 Å². The standard InChI is InChI=1S/C12H21N3O2/c1-9-8-10(13)4-5-14(9)6-7-15-11(16)2-3-12(15)17/h9-10H,2-8,13H2,1H3. The van der Waals surface area contributed by atoms with Gasteiger partial charge in [-0.15, -0.1) is 0 Å². The van der Waals surface area contributed by atoms with Crippen LogP contribution in [0.15, 0.2) is 0 Å². The molecule has 5 nitrogen and oxygen atoms in total. The van der Waals surface area contributed by atoms with Crippen LogP contribution in [0.25, 0.3) is 0 Å². The zero-order valence-corrected chi connectivity index (χ0v) is 10.4. The summed E-state index contributed by atoms with van der Waals surface area (Å²) in [4.78, 5) is 26.6. The highest BCUT2D eigenvalue weighted by atomic mass is 16.2. The summed E-state index contributed by atoms with van der Waals surface area (Å²) in [6.07, 6.45) is 2.78. The minimum absolute atomic E-state index is 0.0173. The van der Waals surface area contributed by atoms with Crippen LogP contribution in [0.5, 0.6) is 0 Å². The zero-order chi connectivity index (χ0) is 12.4. The van der Waals surface area contributed by atoms with Gasteiger partial charge >= 0.3 is 0 Å². The quantitative estimate of drug-likeness (QED) is 0.701. The topological polar surface area (TPSA) is 66.6 Å². The van der Waals surface area contributed by atoms with Crippen LogP contribution in [0.3, 0.4) is 0 Å². The second-order valence-electron chi connectivity index (χ2n) is 5.11. The number of carbonyl (C=O) groups is 2. The van der Waals surface area contributed by atoms with Gasteiger partial charge in [0.05, 0.1) is 0 Å². The van der Waals surface area contributed by atoms with Gasteiger partial charge < -0.3 is 5.73 Å². The Morgan fingerprint density at radius 3 is 2.47 bits per heavy atom. The summed E-state index contributed by atoms with van der Waals surface area (Å²) in [6, 6.07) is 0.753. The Balaban J connectivity index is 1.82. The monoisotopic (exact) mass is 239 g/mol. The average Bonchev–Trinajstić information content (AvgIpc) is 2.58. The van der Waals surface area contributed by atoms with Gasteiger partial charge in [0.25, 0.3) is 0 Å². The molecule has 0 saturated carbocycles. The third-order valence-electron chi connectivity index (χ3n) is 3.82. The average molecular weight is 239 g/mol. The van der Waals surface area contributed by atoms with Gasteiger partial charge in [-0.25, -0.2) is 0 Å². The Morgan fingerprint density at radius 1 is 1.24 bits per heavy atom. The first-order valence-corrected chi connectivity index (χ1v) is 6.40. The SMILES string of the molecule is CC1CC(N)CCN1CCN1C(=O)CCC1=O. The van der Waals surface area contributed by atoms with Crippen molar-refractivity contribution in [3.63, 3.8) is 0 Å². The molecular formula is C12H21N3O2. The lowest BCUT2D eigenvalue weighted by Crippen LogP contribution is -2.48. The molecule has 2 heterocycles. The fourth-order valence-electron chi connectivity index (χ4n) is 2.69. The fourth-order valence-corrected chi connectivity index (χ4v) is 2.69. The number of amides is 2. The van der Waals surface area contributed by atoms with Crippen LogP contribution in [0.2, 0.25) is 0 Å². The molecule has 0 spiro atoms. The van der Waals surface area contributed by atoms with Crippen molar-refractivity contribution in [1.29, 1.82) is 0 Å². The highest BCUT2D eigenvalue weighted by Gasteiger charge is 2.30. The second-order valence-corrected chi connectivity index (χ2v) is 5.11. The molecule has 2 saturated heterocycles. The molecule has 2 aliphatic rings. The smallest absolute Gasteiger partial charge is 0.229 e. The number of likely N-dealkylation sites (tertiary alicyclic amines) is 2. The maximum atomic E-state index is 11.5. The Hall–Kier alpha value is -0.940. The third-order valence-corrected chi connectivity index (χ3v) is 3.82. The van der Waals surface area contributed by atoms with Crippen molar-refractivity contribution in [3.8, 4) is 0 Å². The van der Waals surface area contributed by atoms with E-state index in [-0.39, 0.29) is 11.8 Å². The van der Waals surface area contributed by atoms with Gasteiger partial charge in [-0.1, -0.05) is 0 Å². The van der Waals surface area contributed by atoms with Gasteiger partial charge in [-0.3, -0.25) is 19.4 Å². The number of carbonyl (C=O) groups excluding carboxylic acids is 2. The van der Waals surface area contributed by atoms with E-state index in [4.69, 9.17) is 5.73 Å². The van der Waals surface area contributed by atoms with Crippen molar-refractivity contribution < 1.29 is 9.59 Å². The lowest BCUT2D eigenvalue weighted by atomic mass is 9.99. The predicted octanol–water partition coefficient (Wildman–Crippen LogP) is -0.0530. The van der Waals surface area contributed by atoms with E-state index in [1.807, 2.05) is 0 Å². The highest BCUT2D eigenvalue weighted by Crippen LogP contribution is 2.17. The first kappa shape index (κ1) is 12.5. The van der Waals surface area contributed by atoms with Crippen molar-refractivity contribution in [2.45, 2.75) is 44.7 Å². The van der Waals surface area contributed by atoms with Gasteiger partial charge in [0.2, 0.25) is 11.8 Å². The van der Waals surface area contributed by atoms with E-state index in [9.17, 15) is 9.59 Å². The molecule has 96 valence electrons. The molecule has 0 aliphatic carbocycles. The summed E-state index contributed by atoms with van der Waals surface area (Å²) in [7, 11) is 0. The normalized spacial score (nSPS) is 31.3. The van der Waals surface area contributed by atoms with E-state index in [0.717, 1.165) is 25.9 Å². The summed E-state index contributed by atoms with van der Waals surface area (Å²) < 4.78 is 0. The molecule has 2 unspecified atom stereocenters. The molecule has 5 heteroatoms. The predicted molar refractivity (Wildman–Crippen MR) is 64.2 cm³/mol. The second kappa shape index (κ2) is 5.14. The molecule has 0 aromatic heterocycles. The van der Waals surface area contributed by atoms with Crippen LogP contribution in [0.4, 0.5) is 0 Å². The summed E-state index contributed by atoms with van der Waals surface area (Å²) in [5, 5.41) is 0. The minimum atomic E-state index is -0.0173. The lowest BCUT2D eigenvalue weighted by molar-refractivity contribution is -0.138. The number of rotatable bonds is 3. The molecule has 2 amide bonds. The number of nitrogens with two attached hydrogens (primary N) is 1. The van der Waals surface area contributed by atoms with Crippen molar-refractivity contribution in [2.75, 3.05) is 19.6 Å². The van der Waals surface area contributed by atoms with Crippen molar-refractivity contribution in [2.24, 2.45) is 5.73 Å². The molecule has 0 aromatic rings. The van der Waals surface area contributed by atoms with Crippen LogP contribution >= 0.6 is 0 Å². The Bertz CT molecular complexity index is 303. The summed E-state index contributed by atoms with van der Waals surface area (Å²) >= 11 is 0. The van der Waals surface area contributed by atoms with Crippen LogP contribution in [0, 0.1) is 0 Å². The van der Waals surface area contributed by atoms with Gasteiger partial charge in [0.1, 0.15) is 0 Å². The number of hydrogen-bond donors (Lipinski definition) is 1. The third kappa shape index (κ3) is 2.84. The lowest BCUT2D eigenvalue weighted by Gasteiger charge is -2.36. The van der Waals surface area contributed by atoms with E-state index in [1.54, 1.807) is 0 Å². The zero-order valence-electron chi connectivity index (χ0n) is 10.4. The number of imide groups is 1. The molecule has 0 bridgehead atoms. The Kier molecular flexibility index (Phi) is 3.79. The van der Waals surface area contributed by atoms with E-state index in [2.05, 4.69) is 11.8 Å². The maximum absolute atomic E-state index is 11.5. The van der Waals surface area contributed by atoms with Crippen LogP contribution in [-0.4, -0.2) is 53.3 Å². The van der Waals surface area contributed by atoms with Gasteiger partial charge in [-0.05, 0) is 26.3 Å². The summed E-state index contributed by atoms with van der Waals surface area (Å²) in [5.41, 5.74) is 5.90. The van der Waals surface area contributed by atoms with Gasteiger partial charge in [0, 0.05) is 38.0 Å². The number of hydrogen-bond acceptors (Lipinski definition) is 4. The van der Waals surface area contributed by atoms with Crippen LogP contribution in [0.1, 0.15) is 32.6 Å². The molecule has 17 heavy (non-hydrogen) atoms. The van der Waals surface area contributed by atoms with Gasteiger partial charge in [0.15, 0.2) is 0 Å². The molecule has 2 N–H and O–H groups in total. The summed E-state index contributed by atoms with van der Waals surface area (Å²) in [6.45, 7) is 4.45. The van der Waals surface area contributed by atoms with Crippen molar-refractivity contribution in [3.05, 3.63) is 0 Å². The van der Waals surface area contributed by atoms with E-state index in [0.29, 0.717) is 31.5 Å².